The summed E-state index contributed by atoms with van der Waals surface area (Å²) in [4.78, 5) is 0. The van der Waals surface area contributed by atoms with E-state index in [2.05, 4.69) is 115 Å². The highest BCUT2D eigenvalue weighted by molar-refractivity contribution is 6.32. The van der Waals surface area contributed by atoms with E-state index < -0.39 is 11.0 Å². The average Bonchev–Trinajstić information content (AvgIpc) is 3.64. The number of rotatable bonds is 2. The molecule has 2 nitrogen and oxygen atoms in total. The maximum atomic E-state index is 13.6. The van der Waals surface area contributed by atoms with Gasteiger partial charge in [0.2, 0.25) is 0 Å². The Morgan fingerprint density at radius 2 is 0.957 bits per heavy atom. The Bertz CT molecular complexity index is 2480. The van der Waals surface area contributed by atoms with Crippen LogP contribution in [-0.2, 0) is 11.0 Å². The molecule has 0 radical (unpaired) electrons. The summed E-state index contributed by atoms with van der Waals surface area (Å²) < 4.78 is 6.30. The first-order valence-corrected chi connectivity index (χ1v) is 16.3. The summed E-state index contributed by atoms with van der Waals surface area (Å²) >= 11 is 7.25. The van der Waals surface area contributed by atoms with E-state index in [1.165, 1.54) is 22.3 Å². The highest BCUT2D eigenvalue weighted by Gasteiger charge is 2.56. The van der Waals surface area contributed by atoms with E-state index in [1.54, 1.807) is 0 Å². The molecule has 1 N–H and O–H groups in total. The van der Waals surface area contributed by atoms with Gasteiger partial charge in [0.1, 0.15) is 16.8 Å². The van der Waals surface area contributed by atoms with E-state index in [0.29, 0.717) is 10.6 Å². The first-order valence-electron chi connectivity index (χ1n) is 15.9. The lowest BCUT2D eigenvalue weighted by Gasteiger charge is -2.47. The van der Waals surface area contributed by atoms with Crippen molar-refractivity contribution < 1.29 is 9.52 Å². The highest BCUT2D eigenvalue weighted by atomic mass is 35.5. The number of hydrogen-bond donors (Lipinski definition) is 1. The van der Waals surface area contributed by atoms with Gasteiger partial charge in [-0.3, -0.25) is 0 Å². The molecule has 0 saturated heterocycles. The van der Waals surface area contributed by atoms with Crippen molar-refractivity contribution in [1.82, 2.24) is 0 Å². The molecule has 3 heteroatoms. The zero-order valence-electron chi connectivity index (χ0n) is 25.2. The maximum absolute atomic E-state index is 13.6. The summed E-state index contributed by atoms with van der Waals surface area (Å²) in [5.41, 5.74) is 10.6. The van der Waals surface area contributed by atoms with E-state index in [-0.39, 0.29) is 0 Å². The van der Waals surface area contributed by atoms with Crippen molar-refractivity contribution in [3.8, 4) is 22.3 Å². The van der Waals surface area contributed by atoms with Crippen LogP contribution in [0.25, 0.3) is 44.2 Å². The van der Waals surface area contributed by atoms with Gasteiger partial charge in [-0.05, 0) is 79.9 Å². The zero-order chi connectivity index (χ0) is 31.3. The van der Waals surface area contributed by atoms with Crippen LogP contribution in [0.2, 0.25) is 5.02 Å². The summed E-state index contributed by atoms with van der Waals surface area (Å²) in [7, 11) is 0. The van der Waals surface area contributed by atoms with Crippen LogP contribution in [0.3, 0.4) is 0 Å². The average molecular weight is 623 g/mol. The second-order valence-electron chi connectivity index (χ2n) is 12.6. The van der Waals surface area contributed by atoms with Crippen LogP contribution in [0.5, 0.6) is 0 Å². The van der Waals surface area contributed by atoms with Crippen molar-refractivity contribution in [3.63, 3.8) is 0 Å². The highest BCUT2D eigenvalue weighted by Crippen LogP contribution is 2.63. The number of para-hydroxylation sites is 1. The maximum Gasteiger partial charge on any atom is 0.143 e. The minimum atomic E-state index is -1.55. The van der Waals surface area contributed by atoms with Gasteiger partial charge in [0.05, 0.1) is 5.41 Å². The number of aliphatic hydroxyl groups is 1. The molecule has 2 aliphatic carbocycles. The molecule has 47 heavy (non-hydrogen) atoms. The van der Waals surface area contributed by atoms with Crippen molar-refractivity contribution in [2.24, 2.45) is 0 Å². The second-order valence-corrected chi connectivity index (χ2v) is 13.0. The van der Waals surface area contributed by atoms with Crippen molar-refractivity contribution in [3.05, 3.63) is 202 Å². The molecule has 1 spiro atoms. The van der Waals surface area contributed by atoms with E-state index in [1.807, 2.05) is 42.5 Å². The minimum absolute atomic E-state index is 0.502. The molecule has 0 amide bonds. The lowest BCUT2D eigenvalue weighted by atomic mass is 9.56. The normalized spacial score (nSPS) is 14.9. The largest absolute Gasteiger partial charge is 0.456 e. The first kappa shape index (κ1) is 26.8. The Kier molecular flexibility index (Phi) is 5.44. The van der Waals surface area contributed by atoms with Crippen LogP contribution in [-0.4, -0.2) is 5.11 Å². The molecular formula is C44H27ClO2. The predicted molar refractivity (Wildman–Crippen MR) is 190 cm³/mol. The Labute approximate surface area is 277 Å². The Morgan fingerprint density at radius 3 is 1.62 bits per heavy atom. The van der Waals surface area contributed by atoms with Crippen molar-refractivity contribution in [2.45, 2.75) is 11.0 Å². The van der Waals surface area contributed by atoms with Gasteiger partial charge in [0, 0.05) is 21.4 Å². The van der Waals surface area contributed by atoms with Gasteiger partial charge in [-0.2, -0.15) is 0 Å². The third kappa shape index (κ3) is 3.34. The Morgan fingerprint density at radius 1 is 0.447 bits per heavy atom. The molecule has 1 heterocycles. The third-order valence-electron chi connectivity index (χ3n) is 10.5. The van der Waals surface area contributed by atoms with Gasteiger partial charge in [-0.15, -0.1) is 0 Å². The van der Waals surface area contributed by atoms with Gasteiger partial charge in [-0.25, -0.2) is 0 Å². The number of halogens is 1. The fourth-order valence-electron chi connectivity index (χ4n) is 8.65. The summed E-state index contributed by atoms with van der Waals surface area (Å²) in [6, 6.07) is 54.4. The fourth-order valence-corrected chi connectivity index (χ4v) is 8.96. The topological polar surface area (TPSA) is 33.4 Å². The summed E-state index contributed by atoms with van der Waals surface area (Å²) in [5, 5.41) is 16.3. The quantitative estimate of drug-likeness (QED) is 0.208. The number of fused-ring (bicyclic) bond motifs is 12. The Balaban J connectivity index is 1.30. The molecule has 0 fully saturated rings. The molecule has 0 atom stereocenters. The van der Waals surface area contributed by atoms with E-state index in [0.717, 1.165) is 55.3 Å². The fraction of sp³-hybridized carbons (Fsp3) is 0.0455. The molecular weight excluding hydrogens is 596 g/mol. The van der Waals surface area contributed by atoms with E-state index >= 15 is 0 Å². The summed E-state index contributed by atoms with van der Waals surface area (Å²) in [6.45, 7) is 0. The molecule has 0 bridgehead atoms. The number of hydrogen-bond acceptors (Lipinski definition) is 2. The van der Waals surface area contributed by atoms with Crippen LogP contribution in [0.15, 0.2) is 162 Å². The second kappa shape index (κ2) is 9.56. The van der Waals surface area contributed by atoms with Gasteiger partial charge >= 0.3 is 0 Å². The zero-order valence-corrected chi connectivity index (χ0v) is 26.0. The predicted octanol–water partition coefficient (Wildman–Crippen LogP) is 10.9. The molecule has 2 aliphatic rings. The monoisotopic (exact) mass is 622 g/mol. The van der Waals surface area contributed by atoms with Crippen molar-refractivity contribution in [2.75, 3.05) is 0 Å². The molecule has 0 unspecified atom stereocenters. The van der Waals surface area contributed by atoms with Gasteiger partial charge in [-0.1, -0.05) is 145 Å². The molecule has 1 aromatic heterocycles. The SMILES string of the molecule is OC1(c2c(Cl)cccc2-c2ccc3c(c2)oc2ccccc23)c2ccccc2C2(c3ccccc3-c3ccccc32)c2ccccc21. The molecule has 7 aromatic carbocycles. The van der Waals surface area contributed by atoms with Crippen LogP contribution in [0, 0.1) is 0 Å². The third-order valence-corrected chi connectivity index (χ3v) is 10.8. The first-order chi connectivity index (χ1) is 23.1. The smallest absolute Gasteiger partial charge is 0.143 e. The molecule has 8 aromatic rings. The summed E-state index contributed by atoms with van der Waals surface area (Å²) in [6.07, 6.45) is 0. The van der Waals surface area contributed by atoms with Crippen LogP contribution >= 0.6 is 11.6 Å². The summed E-state index contributed by atoms with van der Waals surface area (Å²) in [5.74, 6) is 0. The standard InChI is InChI=1S/C44H27ClO2/c45-39-22-11-15-28(27-24-25-32-31-14-3-10-23-40(31)47-41(32)26-27)42(39)44(46)37-20-8-6-18-35(37)43(36-19-7-9-21-38(36)44)33-16-4-1-12-29(33)30-13-2-5-17-34(30)43/h1-26,46H. The number of benzene rings is 7. The minimum Gasteiger partial charge on any atom is -0.456 e. The van der Waals surface area contributed by atoms with Gasteiger partial charge in [0.25, 0.3) is 0 Å². The van der Waals surface area contributed by atoms with Crippen molar-refractivity contribution in [1.29, 1.82) is 0 Å². The van der Waals surface area contributed by atoms with E-state index in [9.17, 15) is 5.11 Å². The molecule has 0 aliphatic heterocycles. The van der Waals surface area contributed by atoms with Crippen LogP contribution in [0.4, 0.5) is 0 Å². The van der Waals surface area contributed by atoms with Crippen LogP contribution < -0.4 is 0 Å². The van der Waals surface area contributed by atoms with Crippen LogP contribution in [0.1, 0.15) is 38.9 Å². The van der Waals surface area contributed by atoms with Crippen molar-refractivity contribution >= 4 is 33.5 Å². The molecule has 10 rings (SSSR count). The van der Waals surface area contributed by atoms with E-state index in [4.69, 9.17) is 16.0 Å². The lowest BCUT2D eigenvalue weighted by Crippen LogP contribution is -2.44. The molecule has 0 saturated carbocycles. The Hall–Kier alpha value is -5.41. The lowest BCUT2D eigenvalue weighted by molar-refractivity contribution is 0.119. The van der Waals surface area contributed by atoms with Gasteiger partial charge in [0.15, 0.2) is 0 Å². The van der Waals surface area contributed by atoms with Gasteiger partial charge < -0.3 is 9.52 Å². The number of furan rings is 1. The molecule has 222 valence electrons.